The third kappa shape index (κ3) is 2.74. The molecule has 0 spiro atoms. The number of aromatic nitrogens is 2. The fourth-order valence-electron chi connectivity index (χ4n) is 4.54. The number of piperidine rings is 1. The molecule has 0 amide bonds. The van der Waals surface area contributed by atoms with Gasteiger partial charge in [-0.1, -0.05) is 29.3 Å². The molecule has 1 aliphatic heterocycles. The number of alkyl halides is 3. The average molecular weight is 404 g/mol. The molecule has 1 saturated carbocycles. The molecule has 1 saturated heterocycles. The Balaban J connectivity index is 1.71. The maximum absolute atomic E-state index is 13.4. The number of aryl methyl sites for hydroxylation is 1. The second-order valence-electron chi connectivity index (χ2n) is 7.42. The number of fused-ring (bicyclic) bond motifs is 1. The zero-order chi connectivity index (χ0) is 18.7. The van der Waals surface area contributed by atoms with Crippen molar-refractivity contribution in [1.82, 2.24) is 15.1 Å². The van der Waals surface area contributed by atoms with Gasteiger partial charge in [-0.2, -0.15) is 18.3 Å². The van der Waals surface area contributed by atoms with E-state index >= 15 is 0 Å². The Labute approximate surface area is 159 Å². The van der Waals surface area contributed by atoms with Crippen LogP contribution in [0.15, 0.2) is 24.3 Å². The molecule has 1 N–H and O–H groups in total. The van der Waals surface area contributed by atoms with Crippen LogP contribution in [-0.2, 0) is 18.1 Å². The normalized spacial score (nSPS) is 28.1. The molecule has 1 aliphatic carbocycles. The van der Waals surface area contributed by atoms with E-state index in [9.17, 15) is 13.2 Å². The molecule has 1 aromatic carbocycles. The summed E-state index contributed by atoms with van der Waals surface area (Å²) in [5.74, 6) is 0. The Morgan fingerprint density at radius 3 is 2.69 bits per heavy atom. The highest BCUT2D eigenvalue weighted by atomic mass is 35.5. The van der Waals surface area contributed by atoms with Crippen LogP contribution < -0.4 is 5.32 Å². The molecule has 140 valence electrons. The topological polar surface area (TPSA) is 29.9 Å². The first-order valence-electron chi connectivity index (χ1n) is 8.45. The summed E-state index contributed by atoms with van der Waals surface area (Å²) < 4.78 is 41.2. The van der Waals surface area contributed by atoms with Crippen molar-refractivity contribution in [3.63, 3.8) is 0 Å². The van der Waals surface area contributed by atoms with Gasteiger partial charge < -0.3 is 5.32 Å². The zero-order valence-corrected chi connectivity index (χ0v) is 15.6. The van der Waals surface area contributed by atoms with E-state index in [1.807, 2.05) is 12.1 Å². The van der Waals surface area contributed by atoms with Crippen LogP contribution in [0, 0.1) is 12.3 Å². The minimum atomic E-state index is -4.42. The van der Waals surface area contributed by atoms with E-state index in [2.05, 4.69) is 10.4 Å². The van der Waals surface area contributed by atoms with Gasteiger partial charge in [0.2, 0.25) is 0 Å². The molecule has 2 fully saturated rings. The summed E-state index contributed by atoms with van der Waals surface area (Å²) in [4.78, 5) is 0. The lowest BCUT2D eigenvalue weighted by molar-refractivity contribution is -0.144. The van der Waals surface area contributed by atoms with Crippen LogP contribution in [0.5, 0.6) is 0 Å². The molecule has 26 heavy (non-hydrogen) atoms. The molecule has 3 nitrogen and oxygen atoms in total. The highest BCUT2D eigenvalue weighted by molar-refractivity contribution is 6.42. The van der Waals surface area contributed by atoms with Gasteiger partial charge in [-0.25, -0.2) is 0 Å². The van der Waals surface area contributed by atoms with Crippen molar-refractivity contribution < 1.29 is 13.2 Å². The van der Waals surface area contributed by atoms with Crippen molar-refractivity contribution in [3.8, 4) is 0 Å². The van der Waals surface area contributed by atoms with E-state index in [1.54, 1.807) is 13.0 Å². The van der Waals surface area contributed by atoms with Gasteiger partial charge in [-0.05, 0) is 50.1 Å². The highest BCUT2D eigenvalue weighted by Gasteiger charge is 2.68. The number of hydrogen-bond acceptors (Lipinski definition) is 2. The molecular formula is C18H18Cl2F3N3. The maximum Gasteiger partial charge on any atom is 0.433 e. The lowest BCUT2D eigenvalue weighted by Gasteiger charge is -2.32. The zero-order valence-electron chi connectivity index (χ0n) is 14.1. The van der Waals surface area contributed by atoms with Crippen molar-refractivity contribution in [3.05, 3.63) is 51.3 Å². The number of rotatable bonds is 3. The number of nitrogens with one attached hydrogen (secondary N) is 1. The minimum absolute atomic E-state index is 0.185. The van der Waals surface area contributed by atoms with Crippen molar-refractivity contribution in [2.75, 3.05) is 13.1 Å². The highest BCUT2D eigenvalue weighted by Crippen LogP contribution is 2.68. The van der Waals surface area contributed by atoms with Gasteiger partial charge in [0, 0.05) is 23.9 Å². The Bertz CT molecular complexity index is 864. The van der Waals surface area contributed by atoms with Gasteiger partial charge in [0.15, 0.2) is 0 Å². The summed E-state index contributed by atoms with van der Waals surface area (Å²) in [6.45, 7) is 3.29. The van der Waals surface area contributed by atoms with Crippen LogP contribution in [0.2, 0.25) is 10.0 Å². The van der Waals surface area contributed by atoms with Crippen molar-refractivity contribution >= 4 is 23.2 Å². The van der Waals surface area contributed by atoms with Gasteiger partial charge in [-0.15, -0.1) is 0 Å². The third-order valence-corrected chi connectivity index (χ3v) is 6.58. The predicted octanol–water partition coefficient (Wildman–Crippen LogP) is 4.84. The van der Waals surface area contributed by atoms with Crippen molar-refractivity contribution in [1.29, 1.82) is 0 Å². The SMILES string of the molecule is Cc1cc(C(F)(F)F)n(C[C@]23CNCC[C@@]2(c2ccc(Cl)c(Cl)c2)C3)n1. The molecule has 0 radical (unpaired) electrons. The summed E-state index contributed by atoms with van der Waals surface area (Å²) in [7, 11) is 0. The van der Waals surface area contributed by atoms with Crippen molar-refractivity contribution in [2.24, 2.45) is 5.41 Å². The molecule has 2 heterocycles. The first-order valence-corrected chi connectivity index (χ1v) is 9.20. The summed E-state index contributed by atoms with van der Waals surface area (Å²) in [6.07, 6.45) is -2.76. The largest absolute Gasteiger partial charge is 0.433 e. The molecule has 2 atom stereocenters. The smallest absolute Gasteiger partial charge is 0.316 e. The van der Waals surface area contributed by atoms with E-state index in [0.29, 0.717) is 22.3 Å². The molecule has 0 bridgehead atoms. The monoisotopic (exact) mass is 403 g/mol. The second-order valence-corrected chi connectivity index (χ2v) is 8.24. The summed E-state index contributed by atoms with van der Waals surface area (Å²) in [5, 5.41) is 8.42. The number of halogens is 5. The third-order valence-electron chi connectivity index (χ3n) is 5.84. The second kappa shape index (κ2) is 5.88. The summed E-state index contributed by atoms with van der Waals surface area (Å²) in [6, 6.07) is 6.67. The predicted molar refractivity (Wildman–Crippen MR) is 94.6 cm³/mol. The molecule has 1 aromatic heterocycles. The molecule has 2 aliphatic rings. The van der Waals surface area contributed by atoms with Gasteiger partial charge in [0.05, 0.1) is 15.7 Å². The maximum atomic E-state index is 13.4. The lowest BCUT2D eigenvalue weighted by atomic mass is 9.81. The Kier molecular flexibility index (Phi) is 4.10. The van der Waals surface area contributed by atoms with Crippen LogP contribution in [-0.4, -0.2) is 22.9 Å². The minimum Gasteiger partial charge on any atom is -0.316 e. The quantitative estimate of drug-likeness (QED) is 0.794. The Morgan fingerprint density at radius 2 is 2.00 bits per heavy atom. The molecule has 0 unspecified atom stereocenters. The van der Waals surface area contributed by atoms with Gasteiger partial charge in [-0.3, -0.25) is 4.68 Å². The summed E-state index contributed by atoms with van der Waals surface area (Å²) >= 11 is 12.2. The van der Waals surface area contributed by atoms with E-state index in [1.165, 1.54) is 0 Å². The standard InChI is InChI=1S/C18H18Cl2F3N3/c1-11-6-15(18(21,22)23)26(25-11)10-16-8-17(16,4-5-24-9-16)12-2-3-13(19)14(20)7-12/h2-3,6-7,24H,4-5,8-10H2,1H3/t16-,17-/m0/s1. The van der Waals surface area contributed by atoms with Gasteiger partial charge >= 0.3 is 6.18 Å². The molecule has 8 heteroatoms. The number of nitrogens with zero attached hydrogens (tertiary/aromatic N) is 2. The van der Waals surface area contributed by atoms with Gasteiger partial charge in [0.25, 0.3) is 0 Å². The van der Waals surface area contributed by atoms with Crippen LogP contribution in [0.1, 0.15) is 29.8 Å². The number of benzene rings is 1. The fraction of sp³-hybridized carbons (Fsp3) is 0.500. The lowest BCUT2D eigenvalue weighted by Crippen LogP contribution is -2.41. The van der Waals surface area contributed by atoms with Crippen molar-refractivity contribution in [2.45, 2.75) is 37.9 Å². The fourth-order valence-corrected chi connectivity index (χ4v) is 4.84. The molecular weight excluding hydrogens is 386 g/mol. The van der Waals surface area contributed by atoms with E-state index < -0.39 is 11.9 Å². The van der Waals surface area contributed by atoms with E-state index in [0.717, 1.165) is 35.7 Å². The Morgan fingerprint density at radius 1 is 1.23 bits per heavy atom. The van der Waals surface area contributed by atoms with Crippen LogP contribution >= 0.6 is 23.2 Å². The summed E-state index contributed by atoms with van der Waals surface area (Å²) in [5.41, 5.74) is 0.241. The number of hydrogen-bond donors (Lipinski definition) is 1. The van der Waals surface area contributed by atoms with E-state index in [4.69, 9.17) is 23.2 Å². The average Bonchev–Trinajstić information content (AvgIpc) is 3.09. The Hall–Kier alpha value is -1.24. The molecule has 4 rings (SSSR count). The van der Waals surface area contributed by atoms with Crippen LogP contribution in [0.3, 0.4) is 0 Å². The van der Waals surface area contributed by atoms with Crippen LogP contribution in [0.4, 0.5) is 13.2 Å². The van der Waals surface area contributed by atoms with E-state index in [-0.39, 0.29) is 17.4 Å². The van der Waals surface area contributed by atoms with Gasteiger partial charge in [0.1, 0.15) is 5.69 Å². The first-order chi connectivity index (χ1) is 12.2. The van der Waals surface area contributed by atoms with Crippen LogP contribution in [0.25, 0.3) is 0 Å². The molecule has 2 aromatic rings. The first kappa shape index (κ1) is 18.1.